The van der Waals surface area contributed by atoms with E-state index in [0.717, 1.165) is 23.6 Å². The van der Waals surface area contributed by atoms with Gasteiger partial charge in [0, 0.05) is 17.3 Å². The lowest BCUT2D eigenvalue weighted by molar-refractivity contribution is 0.462. The van der Waals surface area contributed by atoms with E-state index < -0.39 is 0 Å². The highest BCUT2D eigenvalue weighted by Crippen LogP contribution is 2.38. The molecule has 0 spiro atoms. The molecule has 1 atom stereocenters. The van der Waals surface area contributed by atoms with E-state index in [4.69, 9.17) is 0 Å². The minimum atomic E-state index is -0.0337. The maximum Gasteiger partial charge on any atom is 0.128 e. The van der Waals surface area contributed by atoms with Gasteiger partial charge in [-0.15, -0.1) is 0 Å². The predicted molar refractivity (Wildman–Crippen MR) is 64.2 cm³/mol. The number of fused-ring (bicyclic) bond motifs is 1. The fourth-order valence-electron chi connectivity index (χ4n) is 3.24. The van der Waals surface area contributed by atoms with E-state index >= 15 is 0 Å². The Bertz CT molecular complexity index is 376. The van der Waals surface area contributed by atoms with Crippen molar-refractivity contribution < 1.29 is 4.39 Å². The Morgan fingerprint density at radius 2 is 2.00 bits per heavy atom. The lowest BCUT2D eigenvalue weighted by Crippen LogP contribution is -2.24. The number of nitrogens with one attached hydrogen (secondary N) is 1. The number of hydrogen-bond acceptors (Lipinski definition) is 1. The van der Waals surface area contributed by atoms with Crippen LogP contribution in [0.15, 0.2) is 12.1 Å². The van der Waals surface area contributed by atoms with Gasteiger partial charge in [0.05, 0.1) is 0 Å². The molecule has 1 aromatic rings. The van der Waals surface area contributed by atoms with Crippen molar-refractivity contribution in [2.24, 2.45) is 5.92 Å². The molecule has 0 bridgehead atoms. The van der Waals surface area contributed by atoms with E-state index in [-0.39, 0.29) is 5.82 Å². The molecule has 0 aromatic heterocycles. The van der Waals surface area contributed by atoms with Gasteiger partial charge in [0.15, 0.2) is 0 Å². The van der Waals surface area contributed by atoms with E-state index in [1.807, 2.05) is 6.07 Å². The number of halogens is 1. The second kappa shape index (κ2) is 3.76. The summed E-state index contributed by atoms with van der Waals surface area (Å²) in [6, 6.07) is 3.96. The van der Waals surface area contributed by atoms with Gasteiger partial charge >= 0.3 is 0 Å². The van der Waals surface area contributed by atoms with Crippen LogP contribution in [0.2, 0.25) is 0 Å². The lowest BCUT2D eigenvalue weighted by atomic mass is 9.95. The zero-order valence-corrected chi connectivity index (χ0v) is 9.72. The van der Waals surface area contributed by atoms with Crippen LogP contribution in [0, 0.1) is 18.7 Å². The van der Waals surface area contributed by atoms with E-state index in [1.165, 1.54) is 31.2 Å². The molecule has 0 saturated heterocycles. The van der Waals surface area contributed by atoms with Crippen molar-refractivity contribution >= 4 is 5.69 Å². The third kappa shape index (κ3) is 1.51. The molecule has 1 aromatic carbocycles. The molecule has 86 valence electrons. The van der Waals surface area contributed by atoms with Gasteiger partial charge in [-0.25, -0.2) is 4.39 Å². The molecule has 1 fully saturated rings. The second-order valence-electron chi connectivity index (χ2n) is 5.22. The maximum atomic E-state index is 13.7. The van der Waals surface area contributed by atoms with E-state index in [1.54, 1.807) is 6.07 Å². The highest BCUT2D eigenvalue weighted by atomic mass is 19.1. The lowest BCUT2D eigenvalue weighted by Gasteiger charge is -2.18. The topological polar surface area (TPSA) is 12.0 Å². The Kier molecular flexibility index (Phi) is 2.38. The summed E-state index contributed by atoms with van der Waals surface area (Å²) in [4.78, 5) is 0. The van der Waals surface area contributed by atoms with Gasteiger partial charge in [-0.3, -0.25) is 0 Å². The van der Waals surface area contributed by atoms with Gasteiger partial charge in [0.25, 0.3) is 0 Å². The molecule has 1 heterocycles. The van der Waals surface area contributed by atoms with Crippen LogP contribution in [0.25, 0.3) is 0 Å². The summed E-state index contributed by atoms with van der Waals surface area (Å²) < 4.78 is 13.7. The van der Waals surface area contributed by atoms with Crippen molar-refractivity contribution in [2.45, 2.75) is 45.1 Å². The minimum Gasteiger partial charge on any atom is -0.381 e. The van der Waals surface area contributed by atoms with Crippen LogP contribution in [-0.2, 0) is 6.42 Å². The van der Waals surface area contributed by atoms with Gasteiger partial charge in [-0.1, -0.05) is 18.9 Å². The zero-order chi connectivity index (χ0) is 11.1. The average molecular weight is 219 g/mol. The number of hydrogen-bond donors (Lipinski definition) is 1. The van der Waals surface area contributed by atoms with Crippen LogP contribution in [0.4, 0.5) is 10.1 Å². The largest absolute Gasteiger partial charge is 0.381 e. The summed E-state index contributed by atoms with van der Waals surface area (Å²) in [5, 5.41) is 3.55. The van der Waals surface area contributed by atoms with Crippen molar-refractivity contribution in [3.8, 4) is 0 Å². The standard InChI is InChI=1S/C14H18FN/c1-9-6-7-12(15)11-8-13(16-14(9)11)10-4-2-3-5-10/h6-7,10,13,16H,2-5,8H2,1H3. The minimum absolute atomic E-state index is 0.0337. The second-order valence-corrected chi connectivity index (χ2v) is 5.22. The maximum absolute atomic E-state index is 13.7. The van der Waals surface area contributed by atoms with Crippen molar-refractivity contribution in [3.05, 3.63) is 29.1 Å². The fourth-order valence-corrected chi connectivity index (χ4v) is 3.24. The van der Waals surface area contributed by atoms with Gasteiger partial charge < -0.3 is 5.32 Å². The monoisotopic (exact) mass is 219 g/mol. The summed E-state index contributed by atoms with van der Waals surface area (Å²) in [6.07, 6.45) is 6.20. The number of rotatable bonds is 1. The van der Waals surface area contributed by atoms with Crippen molar-refractivity contribution in [1.82, 2.24) is 0 Å². The first-order valence-corrected chi connectivity index (χ1v) is 6.30. The van der Waals surface area contributed by atoms with Gasteiger partial charge in [0.2, 0.25) is 0 Å². The van der Waals surface area contributed by atoms with Gasteiger partial charge in [-0.05, 0) is 43.7 Å². The molecule has 0 amide bonds. The van der Waals surface area contributed by atoms with Crippen LogP contribution in [-0.4, -0.2) is 6.04 Å². The predicted octanol–water partition coefficient (Wildman–Crippen LogP) is 3.66. The van der Waals surface area contributed by atoms with E-state index in [0.29, 0.717) is 6.04 Å². The average Bonchev–Trinajstić information content (AvgIpc) is 2.90. The Morgan fingerprint density at radius 3 is 2.69 bits per heavy atom. The molecule has 1 nitrogen and oxygen atoms in total. The summed E-state index contributed by atoms with van der Waals surface area (Å²) >= 11 is 0. The molecular weight excluding hydrogens is 201 g/mol. The summed E-state index contributed by atoms with van der Waals surface area (Å²) in [5.41, 5.74) is 3.16. The quantitative estimate of drug-likeness (QED) is 0.760. The SMILES string of the molecule is Cc1ccc(F)c2c1NC(C1CCCC1)C2. The van der Waals surface area contributed by atoms with Gasteiger partial charge in [0.1, 0.15) is 5.82 Å². The first-order chi connectivity index (χ1) is 7.75. The molecule has 2 aliphatic rings. The summed E-state index contributed by atoms with van der Waals surface area (Å²) in [6.45, 7) is 2.06. The molecule has 16 heavy (non-hydrogen) atoms. The highest BCUT2D eigenvalue weighted by Gasteiger charge is 2.32. The van der Waals surface area contributed by atoms with Crippen molar-refractivity contribution in [3.63, 3.8) is 0 Å². The molecule has 0 radical (unpaired) electrons. The normalized spacial score (nSPS) is 24.5. The summed E-state index contributed by atoms with van der Waals surface area (Å²) in [7, 11) is 0. The highest BCUT2D eigenvalue weighted by molar-refractivity contribution is 5.62. The number of benzene rings is 1. The first kappa shape index (κ1) is 10.1. The van der Waals surface area contributed by atoms with E-state index in [2.05, 4.69) is 12.2 Å². The first-order valence-electron chi connectivity index (χ1n) is 6.30. The van der Waals surface area contributed by atoms with Crippen LogP contribution >= 0.6 is 0 Å². The smallest absolute Gasteiger partial charge is 0.128 e. The van der Waals surface area contributed by atoms with Crippen LogP contribution in [0.3, 0.4) is 0 Å². The Balaban J connectivity index is 1.88. The third-order valence-electron chi connectivity index (χ3n) is 4.19. The van der Waals surface area contributed by atoms with Crippen LogP contribution in [0.1, 0.15) is 36.8 Å². The molecule has 1 aliphatic carbocycles. The third-order valence-corrected chi connectivity index (χ3v) is 4.19. The molecular formula is C14H18FN. The molecule has 1 N–H and O–H groups in total. The Hall–Kier alpha value is -1.05. The van der Waals surface area contributed by atoms with Crippen LogP contribution < -0.4 is 5.32 Å². The van der Waals surface area contributed by atoms with Crippen molar-refractivity contribution in [2.75, 3.05) is 5.32 Å². The molecule has 1 saturated carbocycles. The molecule has 1 aliphatic heterocycles. The number of aryl methyl sites for hydroxylation is 1. The Labute approximate surface area is 96.1 Å². The van der Waals surface area contributed by atoms with Crippen LogP contribution in [0.5, 0.6) is 0 Å². The van der Waals surface area contributed by atoms with Gasteiger partial charge in [-0.2, -0.15) is 0 Å². The Morgan fingerprint density at radius 1 is 1.25 bits per heavy atom. The molecule has 3 rings (SSSR count). The molecule has 1 unspecified atom stereocenters. The fraction of sp³-hybridized carbons (Fsp3) is 0.571. The van der Waals surface area contributed by atoms with E-state index in [9.17, 15) is 4.39 Å². The molecule has 2 heteroatoms. The van der Waals surface area contributed by atoms with Crippen molar-refractivity contribution in [1.29, 1.82) is 0 Å². The summed E-state index contributed by atoms with van der Waals surface area (Å²) in [5.74, 6) is 0.722. The number of anilines is 1. The zero-order valence-electron chi connectivity index (χ0n) is 9.72.